The van der Waals surface area contributed by atoms with Crippen LogP contribution in [-0.4, -0.2) is 71.9 Å². The van der Waals surface area contributed by atoms with E-state index in [0.717, 1.165) is 0 Å². The second-order valence-corrected chi connectivity index (χ2v) is 5.16. The molecule has 2 N–H and O–H groups in total. The second-order valence-electron chi connectivity index (χ2n) is 5.16. The normalized spacial score (nSPS) is 16.6. The molecule has 0 radical (unpaired) electrons. The summed E-state index contributed by atoms with van der Waals surface area (Å²) in [7, 11) is 0. The lowest BCUT2D eigenvalue weighted by Gasteiger charge is -2.39. The van der Waals surface area contributed by atoms with Gasteiger partial charge in [-0.3, -0.25) is 0 Å². The Labute approximate surface area is 141 Å². The Morgan fingerprint density at radius 3 is 1.44 bits per heavy atom. The largest absolute Gasteiger partial charge is 0.460 e. The van der Waals surface area contributed by atoms with Crippen molar-refractivity contribution in [2.45, 2.75) is 48.3 Å². The molecule has 0 rings (SSSR count). The van der Waals surface area contributed by atoms with E-state index in [-0.39, 0.29) is 0 Å². The SMILES string of the molecule is OCC(O)COCCC(F)(F)C(F)(F)C(F)(F)C(F)(F)C(F)(F)C(F)(F)F. The molecule has 1 unspecified atom stereocenters. The van der Waals surface area contributed by atoms with Crippen LogP contribution in [0.5, 0.6) is 0 Å². The number of aliphatic hydroxyl groups excluding tert-OH is 2. The van der Waals surface area contributed by atoms with Gasteiger partial charge in [-0.15, -0.1) is 0 Å². The topological polar surface area (TPSA) is 49.7 Å². The molecule has 0 aromatic heterocycles. The number of rotatable bonds is 10. The highest BCUT2D eigenvalue weighted by atomic mass is 19.4. The Balaban J connectivity index is 5.62. The van der Waals surface area contributed by atoms with Crippen molar-refractivity contribution in [2.75, 3.05) is 19.8 Å². The molecule has 164 valence electrons. The molecule has 0 aliphatic carbocycles. The Kier molecular flexibility index (Phi) is 7.47. The van der Waals surface area contributed by atoms with Gasteiger partial charge in [0.1, 0.15) is 6.10 Å². The molecular weight excluding hydrogens is 427 g/mol. The molecule has 0 heterocycles. The summed E-state index contributed by atoms with van der Waals surface area (Å²) in [6.07, 6.45) is -11.7. The van der Waals surface area contributed by atoms with E-state index in [1.54, 1.807) is 0 Å². The van der Waals surface area contributed by atoms with Crippen LogP contribution in [0.25, 0.3) is 0 Å². The minimum absolute atomic E-state index is 0.989. The molecule has 0 bridgehead atoms. The van der Waals surface area contributed by atoms with Gasteiger partial charge in [-0.2, -0.15) is 57.1 Å². The van der Waals surface area contributed by atoms with Crippen LogP contribution in [-0.2, 0) is 4.74 Å². The van der Waals surface area contributed by atoms with Crippen LogP contribution in [0.3, 0.4) is 0 Å². The Morgan fingerprint density at radius 2 is 1.07 bits per heavy atom. The molecular formula is C11H11F13O3. The number of hydrogen-bond acceptors (Lipinski definition) is 3. The first kappa shape index (κ1) is 26.0. The lowest BCUT2D eigenvalue weighted by atomic mass is 9.93. The summed E-state index contributed by atoms with van der Waals surface area (Å²) in [6, 6.07) is 0. The molecule has 0 saturated carbocycles. The highest BCUT2D eigenvalue weighted by molar-refractivity contribution is 5.10. The summed E-state index contributed by atoms with van der Waals surface area (Å²) in [4.78, 5) is 0. The van der Waals surface area contributed by atoms with Gasteiger partial charge < -0.3 is 14.9 Å². The number of aliphatic hydroxyl groups is 2. The fraction of sp³-hybridized carbons (Fsp3) is 1.00. The quantitative estimate of drug-likeness (QED) is 0.406. The molecule has 27 heavy (non-hydrogen) atoms. The van der Waals surface area contributed by atoms with E-state index >= 15 is 0 Å². The minimum atomic E-state index is -7.93. The summed E-state index contributed by atoms with van der Waals surface area (Å²) >= 11 is 0. The lowest BCUT2D eigenvalue weighted by molar-refractivity contribution is -0.440. The minimum Gasteiger partial charge on any atom is -0.394 e. The van der Waals surface area contributed by atoms with Crippen LogP contribution in [0, 0.1) is 0 Å². The molecule has 0 aliphatic heterocycles. The van der Waals surface area contributed by atoms with Crippen LogP contribution < -0.4 is 0 Å². The van der Waals surface area contributed by atoms with Crippen molar-refractivity contribution in [3.63, 3.8) is 0 Å². The van der Waals surface area contributed by atoms with Gasteiger partial charge in [0.25, 0.3) is 0 Å². The van der Waals surface area contributed by atoms with Crippen molar-refractivity contribution in [1.29, 1.82) is 0 Å². The fourth-order valence-electron chi connectivity index (χ4n) is 1.43. The summed E-state index contributed by atoms with van der Waals surface area (Å²) in [6.45, 7) is -3.61. The molecule has 0 spiro atoms. The van der Waals surface area contributed by atoms with Crippen molar-refractivity contribution >= 4 is 0 Å². The number of halogens is 13. The average Bonchev–Trinajstić information content (AvgIpc) is 2.49. The van der Waals surface area contributed by atoms with Crippen molar-refractivity contribution in [3.8, 4) is 0 Å². The van der Waals surface area contributed by atoms with Gasteiger partial charge in [-0.1, -0.05) is 0 Å². The number of hydrogen-bond donors (Lipinski definition) is 2. The Morgan fingerprint density at radius 1 is 0.667 bits per heavy atom. The predicted octanol–water partition coefficient (Wildman–Crippen LogP) is 3.49. The van der Waals surface area contributed by atoms with Crippen LogP contribution >= 0.6 is 0 Å². The van der Waals surface area contributed by atoms with E-state index in [1.807, 2.05) is 0 Å². The Hall–Kier alpha value is -1.03. The van der Waals surface area contributed by atoms with E-state index in [1.165, 1.54) is 0 Å². The van der Waals surface area contributed by atoms with E-state index < -0.39 is 68.1 Å². The number of ether oxygens (including phenoxy) is 1. The summed E-state index contributed by atoms with van der Waals surface area (Å²) < 4.78 is 170. The van der Waals surface area contributed by atoms with Crippen molar-refractivity contribution < 1.29 is 72.0 Å². The smallest absolute Gasteiger partial charge is 0.394 e. The maximum atomic E-state index is 13.2. The van der Waals surface area contributed by atoms with Crippen molar-refractivity contribution in [3.05, 3.63) is 0 Å². The van der Waals surface area contributed by atoms with Gasteiger partial charge in [0, 0.05) is 6.42 Å². The summed E-state index contributed by atoms with van der Waals surface area (Å²) in [5, 5.41) is 17.0. The molecule has 0 aliphatic rings. The van der Waals surface area contributed by atoms with Gasteiger partial charge in [0.05, 0.1) is 19.8 Å². The zero-order valence-corrected chi connectivity index (χ0v) is 12.6. The van der Waals surface area contributed by atoms with E-state index in [2.05, 4.69) is 4.74 Å². The third kappa shape index (κ3) is 4.52. The standard InChI is InChI=1S/C11H11F13O3/c12-6(13,1-2-27-4-5(26)3-25)7(14,15)8(16,17)9(18,19)10(20,21)11(22,23)24/h5,25-26H,1-4H2. The molecule has 0 amide bonds. The summed E-state index contributed by atoms with van der Waals surface area (Å²) in [5.74, 6) is -37.1. The highest BCUT2D eigenvalue weighted by Crippen LogP contribution is 2.60. The third-order valence-electron chi connectivity index (χ3n) is 3.08. The molecule has 1 atom stereocenters. The Bertz CT molecular complexity index is 488. The van der Waals surface area contributed by atoms with Crippen molar-refractivity contribution in [2.24, 2.45) is 0 Å². The first-order chi connectivity index (χ1) is 11.7. The first-order valence-electron chi connectivity index (χ1n) is 6.53. The zero-order chi connectivity index (χ0) is 22.1. The zero-order valence-electron chi connectivity index (χ0n) is 12.6. The molecule has 0 fully saturated rings. The lowest BCUT2D eigenvalue weighted by Crippen LogP contribution is -2.70. The van der Waals surface area contributed by atoms with Crippen LogP contribution in [0.15, 0.2) is 0 Å². The van der Waals surface area contributed by atoms with E-state index in [4.69, 9.17) is 10.2 Å². The first-order valence-corrected chi connectivity index (χ1v) is 6.53. The molecule has 0 aromatic rings. The van der Waals surface area contributed by atoms with E-state index in [9.17, 15) is 57.1 Å². The monoisotopic (exact) mass is 438 g/mol. The predicted molar refractivity (Wildman–Crippen MR) is 59.3 cm³/mol. The van der Waals surface area contributed by atoms with Crippen LogP contribution in [0.4, 0.5) is 57.1 Å². The number of alkyl halides is 13. The molecule has 0 aromatic carbocycles. The third-order valence-corrected chi connectivity index (χ3v) is 3.08. The maximum absolute atomic E-state index is 13.2. The van der Waals surface area contributed by atoms with E-state index in [0.29, 0.717) is 0 Å². The van der Waals surface area contributed by atoms with Gasteiger partial charge in [0.2, 0.25) is 0 Å². The second kappa shape index (κ2) is 7.77. The van der Waals surface area contributed by atoms with Gasteiger partial charge >= 0.3 is 35.8 Å². The fourth-order valence-corrected chi connectivity index (χ4v) is 1.43. The highest BCUT2D eigenvalue weighted by Gasteiger charge is 2.90. The van der Waals surface area contributed by atoms with Crippen LogP contribution in [0.1, 0.15) is 6.42 Å². The average molecular weight is 438 g/mol. The van der Waals surface area contributed by atoms with Gasteiger partial charge in [0.15, 0.2) is 0 Å². The molecule has 0 saturated heterocycles. The van der Waals surface area contributed by atoms with Crippen molar-refractivity contribution in [1.82, 2.24) is 0 Å². The van der Waals surface area contributed by atoms with Gasteiger partial charge in [-0.25, -0.2) is 0 Å². The summed E-state index contributed by atoms with van der Waals surface area (Å²) in [5.41, 5.74) is 0. The van der Waals surface area contributed by atoms with Gasteiger partial charge in [-0.05, 0) is 0 Å². The van der Waals surface area contributed by atoms with Crippen LogP contribution in [0.2, 0.25) is 0 Å². The molecule has 3 nitrogen and oxygen atoms in total. The maximum Gasteiger partial charge on any atom is 0.460 e. The molecule has 16 heteroatoms.